The van der Waals surface area contributed by atoms with E-state index in [1.54, 1.807) is 24.3 Å². The average Bonchev–Trinajstić information content (AvgIpc) is 2.92. The number of carbonyl (C=O) groups excluding carboxylic acids is 1. The Bertz CT molecular complexity index is 623. The zero-order valence-electron chi connectivity index (χ0n) is 9.76. The number of hydrogen-bond donors (Lipinski definition) is 3. The molecular weight excluding hydrogens is 268 g/mol. The molecule has 1 heterocycles. The number of nitrogens with zero attached hydrogens (tertiary/aromatic N) is 1. The molecule has 2 rings (SSSR count). The Labute approximate surface area is 114 Å². The van der Waals surface area contributed by atoms with E-state index in [1.165, 1.54) is 12.3 Å². The Kier molecular flexibility index (Phi) is 3.72. The Morgan fingerprint density at radius 1 is 1.37 bits per heavy atom. The first kappa shape index (κ1) is 13.0. The maximum Gasteiger partial charge on any atom is 0.307 e. The molecule has 6 nitrogen and oxygen atoms in total. The third-order valence-electron chi connectivity index (χ3n) is 2.31. The largest absolute Gasteiger partial charge is 0.459 e. The molecule has 7 heteroatoms. The van der Waals surface area contributed by atoms with Crippen molar-refractivity contribution in [2.24, 2.45) is 10.8 Å². The summed E-state index contributed by atoms with van der Waals surface area (Å²) in [5, 5.41) is 4.22. The molecule has 0 radical (unpaired) electrons. The van der Waals surface area contributed by atoms with E-state index in [9.17, 15) is 4.79 Å². The number of nitrogen functional groups attached to an aromatic ring is 1. The van der Waals surface area contributed by atoms with Crippen LogP contribution in [0, 0.1) is 0 Å². The molecule has 0 saturated heterocycles. The smallest absolute Gasteiger partial charge is 0.307 e. The van der Waals surface area contributed by atoms with Gasteiger partial charge in [-0.2, -0.15) is 5.10 Å². The van der Waals surface area contributed by atoms with Gasteiger partial charge in [0.1, 0.15) is 0 Å². The fourth-order valence-electron chi connectivity index (χ4n) is 1.38. The second-order valence-corrected chi connectivity index (χ2v) is 4.08. The molecule has 5 N–H and O–H groups in total. The second kappa shape index (κ2) is 5.45. The molecule has 1 aromatic heterocycles. The van der Waals surface area contributed by atoms with Crippen LogP contribution in [-0.2, 0) is 0 Å². The van der Waals surface area contributed by atoms with Gasteiger partial charge in [0, 0.05) is 16.3 Å². The molecule has 2 aromatic rings. The second-order valence-electron chi connectivity index (χ2n) is 3.65. The third-order valence-corrected chi connectivity index (χ3v) is 2.55. The molecule has 19 heavy (non-hydrogen) atoms. The number of hydrazone groups is 1. The van der Waals surface area contributed by atoms with Crippen LogP contribution in [-0.4, -0.2) is 11.7 Å². The lowest BCUT2D eigenvalue weighted by atomic mass is 10.1. The highest BCUT2D eigenvalue weighted by molar-refractivity contribution is 6.31. The average molecular weight is 279 g/mol. The van der Waals surface area contributed by atoms with Gasteiger partial charge in [0.2, 0.25) is 0 Å². The number of rotatable bonds is 3. The summed E-state index contributed by atoms with van der Waals surface area (Å²) in [6, 6.07) is 7.91. The lowest BCUT2D eigenvalue weighted by Crippen LogP contribution is -2.24. The summed E-state index contributed by atoms with van der Waals surface area (Å²) in [4.78, 5) is 11.6. The molecule has 0 aliphatic heterocycles. The lowest BCUT2D eigenvalue weighted by molar-refractivity contribution is 0.0927. The van der Waals surface area contributed by atoms with Crippen LogP contribution in [0.25, 0.3) is 0 Å². The number of hydrogen-bond acceptors (Lipinski definition) is 4. The summed E-state index contributed by atoms with van der Waals surface area (Å²) in [6.07, 6.45) is 1.39. The van der Waals surface area contributed by atoms with Crippen molar-refractivity contribution in [3.63, 3.8) is 0 Å². The Morgan fingerprint density at radius 3 is 2.84 bits per heavy atom. The number of benzene rings is 1. The Balaban J connectivity index is 2.15. The summed E-state index contributed by atoms with van der Waals surface area (Å²) in [5.74, 6) is -0.316. The lowest BCUT2D eigenvalue weighted by Gasteiger charge is -2.05. The first-order valence-electron chi connectivity index (χ1n) is 5.30. The number of nitrogens with one attached hydrogen (secondary N) is 1. The highest BCUT2D eigenvalue weighted by Gasteiger charge is 2.09. The number of anilines is 1. The van der Waals surface area contributed by atoms with Gasteiger partial charge in [0.15, 0.2) is 11.6 Å². The SMILES string of the molecule is N/C(=N\NC(=O)c1ccco1)c1cc(Cl)ccc1N. The van der Waals surface area contributed by atoms with Gasteiger partial charge in [-0.15, -0.1) is 0 Å². The van der Waals surface area contributed by atoms with Crippen LogP contribution in [0.2, 0.25) is 5.02 Å². The summed E-state index contributed by atoms with van der Waals surface area (Å²) in [5.41, 5.74) is 14.6. The summed E-state index contributed by atoms with van der Waals surface area (Å²) in [7, 11) is 0. The number of halogens is 1. The molecule has 0 aliphatic rings. The van der Waals surface area contributed by atoms with Crippen molar-refractivity contribution in [2.45, 2.75) is 0 Å². The van der Waals surface area contributed by atoms with E-state index >= 15 is 0 Å². The molecule has 0 bridgehead atoms. The maximum atomic E-state index is 11.6. The van der Waals surface area contributed by atoms with Crippen LogP contribution in [0.5, 0.6) is 0 Å². The number of nitrogens with two attached hydrogens (primary N) is 2. The van der Waals surface area contributed by atoms with Crippen LogP contribution in [0.4, 0.5) is 5.69 Å². The van der Waals surface area contributed by atoms with Crippen molar-refractivity contribution < 1.29 is 9.21 Å². The van der Waals surface area contributed by atoms with Crippen LogP contribution in [0.3, 0.4) is 0 Å². The summed E-state index contributed by atoms with van der Waals surface area (Å²) >= 11 is 5.84. The maximum absolute atomic E-state index is 11.6. The standard InChI is InChI=1S/C12H11ClN4O2/c13-7-3-4-9(14)8(6-7)11(15)16-17-12(18)10-2-1-5-19-10/h1-6H,14H2,(H2,15,16)(H,17,18). The predicted molar refractivity (Wildman–Crippen MR) is 72.8 cm³/mol. The van der Waals surface area contributed by atoms with Crippen LogP contribution >= 0.6 is 11.6 Å². The third kappa shape index (κ3) is 3.05. The molecule has 98 valence electrons. The van der Waals surface area contributed by atoms with Crippen LogP contribution in [0.1, 0.15) is 16.1 Å². The molecule has 0 spiro atoms. The van der Waals surface area contributed by atoms with Crippen molar-refractivity contribution in [3.05, 3.63) is 52.9 Å². The van der Waals surface area contributed by atoms with E-state index in [1.807, 2.05) is 0 Å². The van der Waals surface area contributed by atoms with E-state index in [0.29, 0.717) is 16.3 Å². The van der Waals surface area contributed by atoms with E-state index in [2.05, 4.69) is 10.5 Å². The summed E-state index contributed by atoms with van der Waals surface area (Å²) < 4.78 is 4.91. The van der Waals surface area contributed by atoms with Gasteiger partial charge in [0.05, 0.1) is 6.26 Å². The predicted octanol–water partition coefficient (Wildman–Crippen LogP) is 1.57. The Hall–Kier alpha value is -2.47. The molecule has 1 amide bonds. The van der Waals surface area contributed by atoms with Crippen molar-refractivity contribution in [3.8, 4) is 0 Å². The first-order chi connectivity index (χ1) is 9.08. The van der Waals surface area contributed by atoms with Crippen molar-refractivity contribution >= 4 is 29.0 Å². The molecule has 0 fully saturated rings. The minimum atomic E-state index is -0.506. The Morgan fingerprint density at radius 2 is 2.16 bits per heavy atom. The molecule has 0 aliphatic carbocycles. The highest BCUT2D eigenvalue weighted by Crippen LogP contribution is 2.17. The quantitative estimate of drug-likeness (QED) is 0.343. The zero-order valence-corrected chi connectivity index (χ0v) is 10.5. The van der Waals surface area contributed by atoms with Crippen molar-refractivity contribution in [1.82, 2.24) is 5.43 Å². The number of carbonyl (C=O) groups is 1. The fraction of sp³-hybridized carbons (Fsp3) is 0. The van der Waals surface area contributed by atoms with E-state index < -0.39 is 5.91 Å². The van der Waals surface area contributed by atoms with E-state index in [-0.39, 0.29) is 11.6 Å². The molecule has 0 unspecified atom stereocenters. The number of amides is 1. The van der Waals surface area contributed by atoms with Crippen LogP contribution < -0.4 is 16.9 Å². The minimum Gasteiger partial charge on any atom is -0.459 e. The first-order valence-corrected chi connectivity index (χ1v) is 5.68. The van der Waals surface area contributed by atoms with Gasteiger partial charge in [-0.05, 0) is 30.3 Å². The minimum absolute atomic E-state index is 0.0555. The highest BCUT2D eigenvalue weighted by atomic mass is 35.5. The zero-order chi connectivity index (χ0) is 13.8. The normalized spacial score (nSPS) is 11.3. The van der Waals surface area contributed by atoms with Gasteiger partial charge in [-0.25, -0.2) is 5.43 Å². The summed E-state index contributed by atoms with van der Waals surface area (Å²) in [6.45, 7) is 0. The van der Waals surface area contributed by atoms with Crippen molar-refractivity contribution in [1.29, 1.82) is 0 Å². The van der Waals surface area contributed by atoms with Gasteiger partial charge in [0.25, 0.3) is 0 Å². The molecule has 1 aromatic carbocycles. The molecular formula is C12H11ClN4O2. The van der Waals surface area contributed by atoms with Gasteiger partial charge < -0.3 is 15.9 Å². The van der Waals surface area contributed by atoms with Gasteiger partial charge in [-0.3, -0.25) is 4.79 Å². The van der Waals surface area contributed by atoms with E-state index in [0.717, 1.165) is 0 Å². The number of furan rings is 1. The topological polar surface area (TPSA) is 107 Å². The molecule has 0 saturated carbocycles. The van der Waals surface area contributed by atoms with Crippen molar-refractivity contribution in [2.75, 3.05) is 5.73 Å². The molecule has 0 atom stereocenters. The van der Waals surface area contributed by atoms with Gasteiger partial charge >= 0.3 is 5.91 Å². The number of amidine groups is 1. The van der Waals surface area contributed by atoms with Crippen LogP contribution in [0.15, 0.2) is 46.1 Å². The fourth-order valence-corrected chi connectivity index (χ4v) is 1.56. The van der Waals surface area contributed by atoms with E-state index in [4.69, 9.17) is 27.5 Å². The monoisotopic (exact) mass is 278 g/mol. The van der Waals surface area contributed by atoms with Gasteiger partial charge in [-0.1, -0.05) is 11.6 Å².